The minimum atomic E-state index is 0.207. The van der Waals surface area contributed by atoms with Gasteiger partial charge in [0.25, 0.3) is 0 Å². The summed E-state index contributed by atoms with van der Waals surface area (Å²) in [5.41, 5.74) is 2.23. The van der Waals surface area contributed by atoms with E-state index in [2.05, 4.69) is 32.2 Å². The first-order chi connectivity index (χ1) is 10.6. The van der Waals surface area contributed by atoms with E-state index in [1.807, 2.05) is 18.2 Å². The van der Waals surface area contributed by atoms with Crippen molar-refractivity contribution in [1.82, 2.24) is 0 Å². The Balaban J connectivity index is 1.89. The Morgan fingerprint density at radius 1 is 1.18 bits per heavy atom. The van der Waals surface area contributed by atoms with Gasteiger partial charge in [-0.25, -0.2) is 0 Å². The summed E-state index contributed by atoms with van der Waals surface area (Å²) in [6.45, 7) is 6.60. The van der Waals surface area contributed by atoms with Crippen LogP contribution in [0, 0.1) is 11.8 Å². The van der Waals surface area contributed by atoms with Gasteiger partial charge in [0.1, 0.15) is 0 Å². The fourth-order valence-corrected chi connectivity index (χ4v) is 3.56. The minimum Gasteiger partial charge on any atom is -0.326 e. The van der Waals surface area contributed by atoms with Gasteiger partial charge in [0.05, 0.1) is 0 Å². The van der Waals surface area contributed by atoms with E-state index < -0.39 is 0 Å². The van der Waals surface area contributed by atoms with Gasteiger partial charge in [0, 0.05) is 11.6 Å². The van der Waals surface area contributed by atoms with Crippen molar-refractivity contribution in [3.05, 3.63) is 29.8 Å². The predicted octanol–water partition coefficient (Wildman–Crippen LogP) is 5.75. The molecule has 1 aliphatic rings. The minimum absolute atomic E-state index is 0.207. The van der Waals surface area contributed by atoms with Crippen LogP contribution in [0.5, 0.6) is 0 Å². The molecule has 0 heterocycles. The molecule has 1 aliphatic carbocycles. The number of nitrogens with one attached hydrogen (secondary N) is 1. The largest absolute Gasteiger partial charge is 0.326 e. The second-order valence-corrected chi connectivity index (χ2v) is 7.09. The first-order valence-electron chi connectivity index (χ1n) is 9.01. The summed E-state index contributed by atoms with van der Waals surface area (Å²) >= 11 is 0. The average Bonchev–Trinajstić information content (AvgIpc) is 2.53. The number of hydrogen-bond donors (Lipinski definition) is 1. The lowest BCUT2D eigenvalue weighted by Gasteiger charge is -2.28. The number of carbonyl (C=O) groups excluding carboxylic acids is 1. The van der Waals surface area contributed by atoms with E-state index in [1.54, 1.807) is 0 Å². The van der Waals surface area contributed by atoms with Gasteiger partial charge in [0.2, 0.25) is 5.91 Å². The molecule has 0 radical (unpaired) electrons. The van der Waals surface area contributed by atoms with Gasteiger partial charge in [-0.05, 0) is 49.1 Å². The maximum Gasteiger partial charge on any atom is 0.227 e. The zero-order valence-corrected chi connectivity index (χ0v) is 14.4. The van der Waals surface area contributed by atoms with Gasteiger partial charge < -0.3 is 5.32 Å². The fourth-order valence-electron chi connectivity index (χ4n) is 3.56. The van der Waals surface area contributed by atoms with Crippen molar-refractivity contribution in [2.45, 2.75) is 71.6 Å². The summed E-state index contributed by atoms with van der Waals surface area (Å²) in [6.07, 6.45) is 8.54. The highest BCUT2D eigenvalue weighted by Gasteiger charge is 2.26. The van der Waals surface area contributed by atoms with Gasteiger partial charge in [0.15, 0.2) is 0 Å². The van der Waals surface area contributed by atoms with Crippen LogP contribution in [0.3, 0.4) is 0 Å². The number of amides is 1. The topological polar surface area (TPSA) is 29.1 Å². The van der Waals surface area contributed by atoms with Gasteiger partial charge >= 0.3 is 0 Å². The van der Waals surface area contributed by atoms with E-state index in [4.69, 9.17) is 0 Å². The Morgan fingerprint density at radius 3 is 2.50 bits per heavy atom. The summed E-state index contributed by atoms with van der Waals surface area (Å²) in [5, 5.41) is 3.18. The molecular formula is C20H31NO. The van der Waals surface area contributed by atoms with Crippen molar-refractivity contribution in [3.8, 4) is 0 Å². The van der Waals surface area contributed by atoms with Crippen molar-refractivity contribution in [2.24, 2.45) is 11.8 Å². The third-order valence-corrected chi connectivity index (χ3v) is 5.02. The standard InChI is InChI=1S/C20H31NO/c1-4-5-8-16-11-13-17(14-12-16)20(22)21-19-10-7-6-9-18(19)15(2)3/h6-7,9-10,15-17H,4-5,8,11-14H2,1-3H3,(H,21,22). The predicted molar refractivity (Wildman–Crippen MR) is 94.1 cm³/mol. The van der Waals surface area contributed by atoms with Crippen LogP contribution < -0.4 is 5.32 Å². The molecule has 22 heavy (non-hydrogen) atoms. The Morgan fingerprint density at radius 2 is 1.86 bits per heavy atom. The Bertz CT molecular complexity index is 472. The highest BCUT2D eigenvalue weighted by atomic mass is 16.1. The second-order valence-electron chi connectivity index (χ2n) is 7.09. The van der Waals surface area contributed by atoms with Crippen LogP contribution >= 0.6 is 0 Å². The van der Waals surface area contributed by atoms with Crippen LogP contribution in [0.4, 0.5) is 5.69 Å². The molecule has 1 aromatic rings. The normalized spacial score (nSPS) is 21.8. The first-order valence-corrected chi connectivity index (χ1v) is 9.01. The molecule has 0 aliphatic heterocycles. The van der Waals surface area contributed by atoms with Crippen molar-refractivity contribution in [1.29, 1.82) is 0 Å². The summed E-state index contributed by atoms with van der Waals surface area (Å²) in [5.74, 6) is 1.72. The lowest BCUT2D eigenvalue weighted by atomic mass is 9.79. The lowest BCUT2D eigenvalue weighted by Crippen LogP contribution is -2.27. The first kappa shape index (κ1) is 17.1. The van der Waals surface area contributed by atoms with Crippen molar-refractivity contribution < 1.29 is 4.79 Å². The summed E-state index contributed by atoms with van der Waals surface area (Å²) in [6, 6.07) is 8.19. The average molecular weight is 301 g/mol. The number of rotatable bonds is 6. The zero-order valence-electron chi connectivity index (χ0n) is 14.4. The van der Waals surface area contributed by atoms with E-state index in [-0.39, 0.29) is 11.8 Å². The van der Waals surface area contributed by atoms with Crippen LogP contribution in [0.1, 0.15) is 77.2 Å². The SMILES string of the molecule is CCCCC1CCC(C(=O)Nc2ccccc2C(C)C)CC1. The molecule has 1 amide bonds. The molecule has 2 heteroatoms. The zero-order chi connectivity index (χ0) is 15.9. The van der Waals surface area contributed by atoms with Gasteiger partial charge in [-0.15, -0.1) is 0 Å². The number of benzene rings is 1. The Hall–Kier alpha value is -1.31. The Labute approximate surface area is 135 Å². The molecule has 1 fully saturated rings. The van der Waals surface area contributed by atoms with E-state index in [0.717, 1.165) is 24.4 Å². The summed E-state index contributed by atoms with van der Waals surface area (Å²) in [7, 11) is 0. The van der Waals surface area contributed by atoms with Crippen LogP contribution in [-0.4, -0.2) is 5.91 Å². The molecular weight excluding hydrogens is 270 g/mol. The van der Waals surface area contributed by atoms with Gasteiger partial charge in [-0.3, -0.25) is 4.79 Å². The van der Waals surface area contributed by atoms with Crippen LogP contribution in [0.25, 0.3) is 0 Å². The highest BCUT2D eigenvalue weighted by molar-refractivity contribution is 5.93. The third kappa shape index (κ3) is 4.59. The molecule has 0 atom stereocenters. The molecule has 0 bridgehead atoms. The maximum absolute atomic E-state index is 12.6. The van der Waals surface area contributed by atoms with E-state index >= 15 is 0 Å². The molecule has 1 saturated carbocycles. The van der Waals surface area contributed by atoms with Crippen LogP contribution in [0.15, 0.2) is 24.3 Å². The number of anilines is 1. The Kier molecular flexibility index (Phi) is 6.48. The monoisotopic (exact) mass is 301 g/mol. The summed E-state index contributed by atoms with van der Waals surface area (Å²) < 4.78 is 0. The number of carbonyl (C=O) groups is 1. The van der Waals surface area contributed by atoms with Crippen molar-refractivity contribution in [2.75, 3.05) is 5.32 Å². The number of unbranched alkanes of at least 4 members (excludes halogenated alkanes) is 1. The molecule has 0 aromatic heterocycles. The highest BCUT2D eigenvalue weighted by Crippen LogP contribution is 2.33. The van der Waals surface area contributed by atoms with Crippen molar-refractivity contribution >= 4 is 11.6 Å². The third-order valence-electron chi connectivity index (χ3n) is 5.02. The lowest BCUT2D eigenvalue weighted by molar-refractivity contribution is -0.121. The molecule has 1 N–H and O–H groups in total. The second kappa shape index (κ2) is 8.36. The molecule has 122 valence electrons. The quantitative estimate of drug-likeness (QED) is 0.712. The van der Waals surface area contributed by atoms with Crippen LogP contribution in [0.2, 0.25) is 0 Å². The van der Waals surface area contributed by atoms with E-state index in [0.29, 0.717) is 5.92 Å². The molecule has 0 spiro atoms. The number of para-hydroxylation sites is 1. The molecule has 0 saturated heterocycles. The molecule has 2 rings (SSSR count). The molecule has 0 unspecified atom stereocenters. The van der Waals surface area contributed by atoms with Gasteiger partial charge in [-0.1, -0.05) is 58.2 Å². The maximum atomic E-state index is 12.6. The van der Waals surface area contributed by atoms with Gasteiger partial charge in [-0.2, -0.15) is 0 Å². The van der Waals surface area contributed by atoms with Crippen LogP contribution in [-0.2, 0) is 4.79 Å². The summed E-state index contributed by atoms with van der Waals surface area (Å²) in [4.78, 5) is 12.6. The van der Waals surface area contributed by atoms with Crippen molar-refractivity contribution in [3.63, 3.8) is 0 Å². The smallest absolute Gasteiger partial charge is 0.227 e. The molecule has 2 nitrogen and oxygen atoms in total. The van der Waals surface area contributed by atoms with E-state index in [1.165, 1.54) is 37.7 Å². The molecule has 1 aromatic carbocycles. The fraction of sp³-hybridized carbons (Fsp3) is 0.650. The number of hydrogen-bond acceptors (Lipinski definition) is 1. The van der Waals surface area contributed by atoms with E-state index in [9.17, 15) is 4.79 Å².